The number of hydrogen-bond acceptors (Lipinski definition) is 2. The van der Waals surface area contributed by atoms with Gasteiger partial charge in [-0.2, -0.15) is 0 Å². The highest BCUT2D eigenvalue weighted by Gasteiger charge is 2.31. The van der Waals surface area contributed by atoms with Crippen molar-refractivity contribution in [3.05, 3.63) is 60.8 Å². The van der Waals surface area contributed by atoms with Gasteiger partial charge in [-0.25, -0.2) is 4.98 Å². The fourth-order valence-electron chi connectivity index (χ4n) is 3.13. The Morgan fingerprint density at radius 3 is 2.80 bits per heavy atom. The molecule has 1 aromatic carbocycles. The molecule has 1 heterocycles. The number of nitrogens with one attached hydrogen (secondary N) is 1. The van der Waals surface area contributed by atoms with Gasteiger partial charge in [0.15, 0.2) is 0 Å². The number of nitrogens with zero attached hydrogens (tertiary/aromatic N) is 1. The van der Waals surface area contributed by atoms with Crippen LogP contribution in [0.4, 0.5) is 0 Å². The van der Waals surface area contributed by atoms with Crippen LogP contribution in [0.25, 0.3) is 0 Å². The first-order valence-corrected chi connectivity index (χ1v) is 8.19. The average molecular weight is 378 g/mol. The van der Waals surface area contributed by atoms with Crippen molar-refractivity contribution < 1.29 is 0 Å². The Hall–Kier alpha value is -1.17. The van der Waals surface area contributed by atoms with E-state index in [-0.39, 0.29) is 11.5 Å². The van der Waals surface area contributed by atoms with Gasteiger partial charge in [0.2, 0.25) is 0 Å². The van der Waals surface area contributed by atoms with Crippen LogP contribution < -0.4 is 5.56 Å². The maximum atomic E-state index is 12.2. The lowest BCUT2D eigenvalue weighted by molar-refractivity contribution is 0.709. The van der Waals surface area contributed by atoms with Gasteiger partial charge in [-0.15, -0.1) is 0 Å². The van der Waals surface area contributed by atoms with Crippen LogP contribution in [0.1, 0.15) is 53.7 Å². The number of aromatic amines is 1. The minimum Gasteiger partial charge on any atom is -0.309 e. The molecule has 0 bridgehead atoms. The molecule has 0 aliphatic heterocycles. The monoisotopic (exact) mass is 378 g/mol. The molecule has 4 rings (SSSR count). The quantitative estimate of drug-likeness (QED) is 0.815. The lowest BCUT2D eigenvalue weighted by Crippen LogP contribution is -2.19. The van der Waals surface area contributed by atoms with E-state index in [9.17, 15) is 4.79 Å². The first kappa shape index (κ1) is 12.6. The third kappa shape index (κ3) is 2.01. The maximum Gasteiger partial charge on any atom is 0.264 e. The molecule has 102 valence electrons. The summed E-state index contributed by atoms with van der Waals surface area (Å²) in [6.07, 6.45) is 4.47. The number of halogens is 1. The Balaban J connectivity index is 1.82. The van der Waals surface area contributed by atoms with E-state index in [1.165, 1.54) is 24.0 Å². The van der Waals surface area contributed by atoms with Gasteiger partial charge in [0.05, 0.1) is 9.26 Å². The molecule has 0 spiro atoms. The number of hydrogen-bond donors (Lipinski definition) is 1. The third-order valence-electron chi connectivity index (χ3n) is 4.33. The molecule has 2 aliphatic rings. The molecule has 20 heavy (non-hydrogen) atoms. The lowest BCUT2D eigenvalue weighted by atomic mass is 10.0. The van der Waals surface area contributed by atoms with Crippen LogP contribution in [0, 0.1) is 3.57 Å². The number of rotatable bonds is 2. The van der Waals surface area contributed by atoms with E-state index < -0.39 is 0 Å². The minimum atomic E-state index is 0.0295. The molecule has 0 saturated heterocycles. The normalized spacial score (nSPS) is 20.9. The van der Waals surface area contributed by atoms with Crippen molar-refractivity contribution in [1.29, 1.82) is 0 Å². The Bertz CT molecular complexity index is 733. The molecule has 1 unspecified atom stereocenters. The van der Waals surface area contributed by atoms with Gasteiger partial charge in [-0.1, -0.05) is 24.3 Å². The molecular weight excluding hydrogens is 363 g/mol. The summed E-state index contributed by atoms with van der Waals surface area (Å²) >= 11 is 2.13. The van der Waals surface area contributed by atoms with Crippen molar-refractivity contribution in [2.45, 2.75) is 37.5 Å². The third-order valence-corrected chi connectivity index (χ3v) is 5.38. The first-order valence-electron chi connectivity index (χ1n) is 7.11. The topological polar surface area (TPSA) is 45.8 Å². The molecule has 1 N–H and O–H groups in total. The summed E-state index contributed by atoms with van der Waals surface area (Å²) in [5.41, 5.74) is 3.78. The molecule has 4 heteroatoms. The second-order valence-corrected chi connectivity index (χ2v) is 6.79. The van der Waals surface area contributed by atoms with E-state index >= 15 is 0 Å². The Labute approximate surface area is 131 Å². The molecule has 1 fully saturated rings. The average Bonchev–Trinajstić information content (AvgIpc) is 3.21. The van der Waals surface area contributed by atoms with E-state index in [0.717, 1.165) is 27.9 Å². The van der Waals surface area contributed by atoms with Crippen molar-refractivity contribution >= 4 is 22.6 Å². The number of aryl methyl sites for hydroxylation is 1. The van der Waals surface area contributed by atoms with Crippen molar-refractivity contribution in [3.8, 4) is 0 Å². The van der Waals surface area contributed by atoms with Gasteiger partial charge < -0.3 is 4.98 Å². The number of benzene rings is 1. The largest absolute Gasteiger partial charge is 0.309 e. The van der Waals surface area contributed by atoms with E-state index in [0.29, 0.717) is 5.92 Å². The van der Waals surface area contributed by atoms with Crippen LogP contribution in [0.15, 0.2) is 29.1 Å². The van der Waals surface area contributed by atoms with E-state index in [4.69, 9.17) is 4.98 Å². The fourth-order valence-corrected chi connectivity index (χ4v) is 3.82. The minimum absolute atomic E-state index is 0.0295. The van der Waals surface area contributed by atoms with Crippen LogP contribution in [0.5, 0.6) is 0 Å². The summed E-state index contributed by atoms with van der Waals surface area (Å²) in [5.74, 6) is 1.63. The molecule has 1 atom stereocenters. The van der Waals surface area contributed by atoms with Gasteiger partial charge in [0.25, 0.3) is 5.56 Å². The van der Waals surface area contributed by atoms with Crippen LogP contribution >= 0.6 is 22.6 Å². The summed E-state index contributed by atoms with van der Waals surface area (Å²) in [7, 11) is 0. The van der Waals surface area contributed by atoms with Gasteiger partial charge in [0, 0.05) is 11.8 Å². The summed E-state index contributed by atoms with van der Waals surface area (Å²) < 4.78 is 0.778. The molecule has 3 nitrogen and oxygen atoms in total. The van der Waals surface area contributed by atoms with E-state index in [2.05, 4.69) is 51.8 Å². The van der Waals surface area contributed by atoms with Crippen LogP contribution in [0.2, 0.25) is 0 Å². The van der Waals surface area contributed by atoms with Gasteiger partial charge in [0.1, 0.15) is 5.82 Å². The zero-order valence-corrected chi connectivity index (χ0v) is 13.2. The first-order chi connectivity index (χ1) is 9.74. The Kier molecular flexibility index (Phi) is 2.94. The predicted molar refractivity (Wildman–Crippen MR) is 86.2 cm³/mol. The highest BCUT2D eigenvalue weighted by molar-refractivity contribution is 14.1. The smallest absolute Gasteiger partial charge is 0.264 e. The van der Waals surface area contributed by atoms with Crippen molar-refractivity contribution in [2.24, 2.45) is 0 Å². The van der Waals surface area contributed by atoms with Gasteiger partial charge in [-0.05, 0) is 59.4 Å². The number of fused-ring (bicyclic) bond motifs is 1. The molecule has 1 saturated carbocycles. The van der Waals surface area contributed by atoms with Crippen LogP contribution in [0.3, 0.4) is 0 Å². The van der Waals surface area contributed by atoms with Crippen LogP contribution in [-0.2, 0) is 6.42 Å². The molecule has 1 aromatic heterocycles. The summed E-state index contributed by atoms with van der Waals surface area (Å²) in [5, 5.41) is 0. The molecule has 2 aromatic rings. The lowest BCUT2D eigenvalue weighted by Gasteiger charge is -2.13. The van der Waals surface area contributed by atoms with Crippen LogP contribution in [-0.4, -0.2) is 9.97 Å². The van der Waals surface area contributed by atoms with Crippen molar-refractivity contribution in [3.63, 3.8) is 0 Å². The van der Waals surface area contributed by atoms with E-state index in [1.54, 1.807) is 0 Å². The standard InChI is InChI=1S/C16H15IN2O/c17-13-14(10-5-6-10)18-15(19-16(13)20)12-8-7-9-3-1-2-4-11(9)12/h1-4,10,12H,5-8H2,(H,18,19,20). The predicted octanol–water partition coefficient (Wildman–Crippen LogP) is 3.33. The Morgan fingerprint density at radius 2 is 2.00 bits per heavy atom. The SMILES string of the molecule is O=c1[nH]c(C2CCc3ccccc32)nc(C2CC2)c1I. The number of H-pyrrole nitrogens is 1. The molecular formula is C16H15IN2O. The van der Waals surface area contributed by atoms with Crippen molar-refractivity contribution in [2.75, 3.05) is 0 Å². The fraction of sp³-hybridized carbons (Fsp3) is 0.375. The summed E-state index contributed by atoms with van der Waals surface area (Å²) in [4.78, 5) is 20.0. The molecule has 2 aliphatic carbocycles. The summed E-state index contributed by atoms with van der Waals surface area (Å²) in [6.45, 7) is 0. The highest BCUT2D eigenvalue weighted by Crippen LogP contribution is 2.42. The zero-order chi connectivity index (χ0) is 13.7. The Morgan fingerprint density at radius 1 is 1.20 bits per heavy atom. The van der Waals surface area contributed by atoms with Gasteiger partial charge in [-0.3, -0.25) is 4.79 Å². The second-order valence-electron chi connectivity index (χ2n) is 5.71. The van der Waals surface area contributed by atoms with E-state index in [1.807, 2.05) is 0 Å². The highest BCUT2D eigenvalue weighted by atomic mass is 127. The maximum absolute atomic E-state index is 12.2. The zero-order valence-electron chi connectivity index (χ0n) is 11.0. The number of aromatic nitrogens is 2. The summed E-state index contributed by atoms with van der Waals surface area (Å²) in [6, 6.07) is 8.51. The van der Waals surface area contributed by atoms with Gasteiger partial charge >= 0.3 is 0 Å². The second kappa shape index (κ2) is 4.69. The molecule has 0 radical (unpaired) electrons. The van der Waals surface area contributed by atoms with Crippen molar-refractivity contribution in [1.82, 2.24) is 9.97 Å². The molecule has 0 amide bonds.